The van der Waals surface area contributed by atoms with E-state index in [1.165, 1.54) is 0 Å². The van der Waals surface area contributed by atoms with Crippen molar-refractivity contribution in [3.05, 3.63) is 35.9 Å². The average Bonchev–Trinajstić information content (AvgIpc) is 2.56. The van der Waals surface area contributed by atoms with Gasteiger partial charge in [0.05, 0.1) is 0 Å². The van der Waals surface area contributed by atoms with E-state index in [9.17, 15) is 9.59 Å². The van der Waals surface area contributed by atoms with Gasteiger partial charge in [0.25, 0.3) is 0 Å². The molecule has 3 rings (SSSR count). The zero-order chi connectivity index (χ0) is 15.4. The van der Waals surface area contributed by atoms with Crippen LogP contribution in [0.4, 0.5) is 0 Å². The first kappa shape index (κ1) is 18.1. The van der Waals surface area contributed by atoms with Crippen LogP contribution in [0.3, 0.4) is 0 Å². The third kappa shape index (κ3) is 4.40. The number of nitrogens with zero attached hydrogens (tertiary/aromatic N) is 1. The fourth-order valence-corrected chi connectivity index (χ4v) is 3.93. The highest BCUT2D eigenvalue weighted by Crippen LogP contribution is 2.24. The predicted molar refractivity (Wildman–Crippen MR) is 94.9 cm³/mol. The van der Waals surface area contributed by atoms with Crippen LogP contribution in [0.5, 0.6) is 0 Å². The van der Waals surface area contributed by atoms with Crippen molar-refractivity contribution in [1.29, 1.82) is 0 Å². The number of halogens is 1. The van der Waals surface area contributed by atoms with Gasteiger partial charge in [-0.25, -0.2) is 0 Å². The summed E-state index contributed by atoms with van der Waals surface area (Å²) in [5.74, 6) is 2.03. The normalized spacial score (nSPS) is 24.5. The summed E-state index contributed by atoms with van der Waals surface area (Å²) in [5, 5.41) is 6.25. The maximum Gasteiger partial charge on any atom is 0.247 e. The zero-order valence-corrected chi connectivity index (χ0v) is 14.5. The maximum absolute atomic E-state index is 12.7. The summed E-state index contributed by atoms with van der Waals surface area (Å²) in [6.45, 7) is 2.05. The Balaban J connectivity index is 0.00000192. The topological polar surface area (TPSA) is 61.4 Å². The lowest BCUT2D eigenvalue weighted by Gasteiger charge is -2.36. The van der Waals surface area contributed by atoms with Gasteiger partial charge < -0.3 is 15.5 Å². The van der Waals surface area contributed by atoms with Gasteiger partial charge in [-0.05, 0) is 5.56 Å². The SMILES string of the molecule is Cl.O=C1NCCN(C(=O)CC2CSCCN2)C1c1ccccc1. The first-order valence-corrected chi connectivity index (χ1v) is 8.84. The molecule has 2 amide bonds. The molecule has 2 heterocycles. The Labute approximate surface area is 147 Å². The van der Waals surface area contributed by atoms with E-state index in [1.807, 2.05) is 42.1 Å². The minimum Gasteiger partial charge on any atom is -0.352 e. The largest absolute Gasteiger partial charge is 0.352 e. The summed E-state index contributed by atoms with van der Waals surface area (Å²) in [6, 6.07) is 9.25. The van der Waals surface area contributed by atoms with Gasteiger partial charge in [0.2, 0.25) is 11.8 Å². The van der Waals surface area contributed by atoms with Gasteiger partial charge in [-0.1, -0.05) is 30.3 Å². The minimum absolute atomic E-state index is 0. The molecular formula is C16H22ClN3O2S. The fourth-order valence-electron chi connectivity index (χ4n) is 2.98. The molecule has 23 heavy (non-hydrogen) atoms. The van der Waals surface area contributed by atoms with Crippen LogP contribution in [0.25, 0.3) is 0 Å². The van der Waals surface area contributed by atoms with Gasteiger partial charge >= 0.3 is 0 Å². The van der Waals surface area contributed by atoms with Gasteiger partial charge in [-0.2, -0.15) is 11.8 Å². The number of benzene rings is 1. The number of carbonyl (C=O) groups excluding carboxylic acids is 2. The van der Waals surface area contributed by atoms with E-state index in [2.05, 4.69) is 10.6 Å². The van der Waals surface area contributed by atoms with Crippen molar-refractivity contribution in [1.82, 2.24) is 15.5 Å². The molecule has 5 nitrogen and oxygen atoms in total. The molecule has 0 aliphatic carbocycles. The molecule has 0 saturated carbocycles. The summed E-state index contributed by atoms with van der Waals surface area (Å²) in [5.41, 5.74) is 0.874. The quantitative estimate of drug-likeness (QED) is 0.855. The third-order valence-electron chi connectivity index (χ3n) is 4.07. The number of amides is 2. The van der Waals surface area contributed by atoms with Crippen molar-refractivity contribution in [3.8, 4) is 0 Å². The first-order chi connectivity index (χ1) is 10.8. The molecule has 0 bridgehead atoms. The molecule has 1 aromatic carbocycles. The molecule has 2 aliphatic heterocycles. The van der Waals surface area contributed by atoms with Gasteiger partial charge in [0.1, 0.15) is 6.04 Å². The van der Waals surface area contributed by atoms with E-state index < -0.39 is 6.04 Å². The number of thioether (sulfide) groups is 1. The third-order valence-corrected chi connectivity index (χ3v) is 5.20. The highest BCUT2D eigenvalue weighted by molar-refractivity contribution is 7.99. The molecule has 0 aromatic heterocycles. The molecule has 2 fully saturated rings. The Morgan fingerprint density at radius 3 is 2.74 bits per heavy atom. The summed E-state index contributed by atoms with van der Waals surface area (Å²) in [7, 11) is 0. The van der Waals surface area contributed by atoms with E-state index >= 15 is 0 Å². The second-order valence-electron chi connectivity index (χ2n) is 5.62. The van der Waals surface area contributed by atoms with Crippen LogP contribution in [0, 0.1) is 0 Å². The molecule has 0 radical (unpaired) electrons. The Hall–Kier alpha value is -1.24. The van der Waals surface area contributed by atoms with E-state index in [0.717, 1.165) is 23.6 Å². The van der Waals surface area contributed by atoms with Gasteiger partial charge in [0.15, 0.2) is 0 Å². The maximum atomic E-state index is 12.7. The molecule has 2 unspecified atom stereocenters. The summed E-state index contributed by atoms with van der Waals surface area (Å²) >= 11 is 1.88. The van der Waals surface area contributed by atoms with E-state index in [-0.39, 0.29) is 30.3 Å². The van der Waals surface area contributed by atoms with Crippen LogP contribution >= 0.6 is 24.2 Å². The number of hydrogen-bond acceptors (Lipinski definition) is 4. The van der Waals surface area contributed by atoms with Crippen molar-refractivity contribution < 1.29 is 9.59 Å². The number of carbonyl (C=O) groups is 2. The van der Waals surface area contributed by atoms with Crippen LogP contribution in [0.1, 0.15) is 18.0 Å². The Bertz CT molecular complexity index is 537. The lowest BCUT2D eigenvalue weighted by molar-refractivity contribution is -0.143. The number of nitrogens with one attached hydrogen (secondary N) is 2. The van der Waals surface area contributed by atoms with Crippen LogP contribution in [0.15, 0.2) is 30.3 Å². The highest BCUT2D eigenvalue weighted by Gasteiger charge is 2.34. The van der Waals surface area contributed by atoms with E-state index in [1.54, 1.807) is 4.90 Å². The van der Waals surface area contributed by atoms with E-state index in [4.69, 9.17) is 0 Å². The first-order valence-electron chi connectivity index (χ1n) is 7.69. The molecule has 2 atom stereocenters. The summed E-state index contributed by atoms with van der Waals surface area (Å²) in [4.78, 5) is 26.7. The molecule has 126 valence electrons. The van der Waals surface area contributed by atoms with Crippen LogP contribution < -0.4 is 10.6 Å². The van der Waals surface area contributed by atoms with Crippen molar-refractivity contribution in [3.63, 3.8) is 0 Å². The standard InChI is InChI=1S/C16H21N3O2S.ClH/c20-14(10-13-11-22-9-7-17-13)19-8-6-18-16(21)15(19)12-4-2-1-3-5-12;/h1-5,13,15,17H,6-11H2,(H,18,21);1H. The number of piperazine rings is 1. The molecular weight excluding hydrogens is 334 g/mol. The number of hydrogen-bond donors (Lipinski definition) is 2. The molecule has 7 heteroatoms. The molecule has 2 saturated heterocycles. The lowest BCUT2D eigenvalue weighted by Crippen LogP contribution is -2.53. The van der Waals surface area contributed by atoms with Crippen molar-refractivity contribution in [2.24, 2.45) is 0 Å². The molecule has 0 spiro atoms. The molecule has 2 N–H and O–H groups in total. The summed E-state index contributed by atoms with van der Waals surface area (Å²) in [6.07, 6.45) is 0.462. The molecule has 2 aliphatic rings. The zero-order valence-electron chi connectivity index (χ0n) is 12.9. The van der Waals surface area contributed by atoms with Crippen LogP contribution in [-0.4, -0.2) is 53.9 Å². The van der Waals surface area contributed by atoms with Crippen LogP contribution in [-0.2, 0) is 9.59 Å². The van der Waals surface area contributed by atoms with Gasteiger partial charge in [0, 0.05) is 43.6 Å². The van der Waals surface area contributed by atoms with Crippen molar-refractivity contribution in [2.75, 3.05) is 31.1 Å². The second-order valence-corrected chi connectivity index (χ2v) is 6.77. The Morgan fingerprint density at radius 1 is 1.26 bits per heavy atom. The minimum atomic E-state index is -0.501. The van der Waals surface area contributed by atoms with Crippen molar-refractivity contribution >= 4 is 36.0 Å². The smallest absolute Gasteiger partial charge is 0.247 e. The van der Waals surface area contributed by atoms with Crippen molar-refractivity contribution in [2.45, 2.75) is 18.5 Å². The highest BCUT2D eigenvalue weighted by atomic mass is 35.5. The molecule has 1 aromatic rings. The van der Waals surface area contributed by atoms with Gasteiger partial charge in [-0.15, -0.1) is 12.4 Å². The Kier molecular flexibility index (Phi) is 6.74. The number of rotatable bonds is 3. The predicted octanol–water partition coefficient (Wildman–Crippen LogP) is 1.20. The second kappa shape index (κ2) is 8.57. The Morgan fingerprint density at radius 2 is 2.04 bits per heavy atom. The van der Waals surface area contributed by atoms with E-state index in [0.29, 0.717) is 19.5 Å². The monoisotopic (exact) mass is 355 g/mol. The lowest BCUT2D eigenvalue weighted by atomic mass is 10.0. The fraction of sp³-hybridized carbons (Fsp3) is 0.500. The average molecular weight is 356 g/mol. The van der Waals surface area contributed by atoms with Gasteiger partial charge in [-0.3, -0.25) is 9.59 Å². The summed E-state index contributed by atoms with van der Waals surface area (Å²) < 4.78 is 0. The van der Waals surface area contributed by atoms with Crippen LogP contribution in [0.2, 0.25) is 0 Å².